The third-order valence-electron chi connectivity index (χ3n) is 3.50. The first kappa shape index (κ1) is 10.7. The SMILES string of the molecule is O=C(O)N1CCC(COC2CCC2)CC1. The molecule has 1 amide bonds. The van der Waals surface area contributed by atoms with Gasteiger partial charge in [0.1, 0.15) is 0 Å². The zero-order chi connectivity index (χ0) is 10.7. The van der Waals surface area contributed by atoms with Gasteiger partial charge in [-0.3, -0.25) is 0 Å². The quantitative estimate of drug-likeness (QED) is 0.779. The molecular formula is C11H19NO3. The van der Waals surface area contributed by atoms with Crippen LogP contribution in [0.15, 0.2) is 0 Å². The Bertz CT molecular complexity index is 220. The lowest BCUT2D eigenvalue weighted by Crippen LogP contribution is -2.39. The van der Waals surface area contributed by atoms with Gasteiger partial charge >= 0.3 is 6.09 Å². The predicted molar refractivity (Wildman–Crippen MR) is 55.9 cm³/mol. The fourth-order valence-corrected chi connectivity index (χ4v) is 2.10. The van der Waals surface area contributed by atoms with Crippen LogP contribution < -0.4 is 0 Å². The van der Waals surface area contributed by atoms with E-state index in [4.69, 9.17) is 9.84 Å². The summed E-state index contributed by atoms with van der Waals surface area (Å²) in [5, 5.41) is 8.78. The van der Waals surface area contributed by atoms with Gasteiger partial charge in [0.25, 0.3) is 0 Å². The molecule has 86 valence electrons. The van der Waals surface area contributed by atoms with Crippen LogP contribution in [0.25, 0.3) is 0 Å². The summed E-state index contributed by atoms with van der Waals surface area (Å²) in [5.41, 5.74) is 0. The monoisotopic (exact) mass is 213 g/mol. The molecule has 1 heterocycles. The highest BCUT2D eigenvalue weighted by molar-refractivity contribution is 5.64. The number of carboxylic acid groups (broad SMARTS) is 1. The molecule has 0 aromatic rings. The number of piperidine rings is 1. The van der Waals surface area contributed by atoms with Gasteiger partial charge in [-0.1, -0.05) is 0 Å². The smallest absolute Gasteiger partial charge is 0.407 e. The second-order valence-electron chi connectivity index (χ2n) is 4.60. The van der Waals surface area contributed by atoms with Gasteiger partial charge in [0.05, 0.1) is 6.10 Å². The second-order valence-corrected chi connectivity index (χ2v) is 4.60. The average molecular weight is 213 g/mol. The van der Waals surface area contributed by atoms with Gasteiger partial charge in [-0.05, 0) is 38.0 Å². The molecule has 1 N–H and O–H groups in total. The van der Waals surface area contributed by atoms with Crippen molar-refractivity contribution in [2.75, 3.05) is 19.7 Å². The minimum Gasteiger partial charge on any atom is -0.465 e. The standard InChI is InChI=1S/C11H19NO3/c13-11(14)12-6-4-9(5-7-12)8-15-10-2-1-3-10/h9-10H,1-8H2,(H,13,14). The molecule has 2 fully saturated rings. The van der Waals surface area contributed by atoms with Crippen molar-refractivity contribution in [2.24, 2.45) is 5.92 Å². The average Bonchev–Trinajstić information content (AvgIpc) is 2.16. The maximum Gasteiger partial charge on any atom is 0.407 e. The van der Waals surface area contributed by atoms with E-state index in [9.17, 15) is 4.79 Å². The van der Waals surface area contributed by atoms with E-state index in [-0.39, 0.29) is 0 Å². The van der Waals surface area contributed by atoms with Gasteiger partial charge in [-0.25, -0.2) is 4.79 Å². The minimum absolute atomic E-state index is 0.502. The zero-order valence-corrected chi connectivity index (χ0v) is 9.02. The van der Waals surface area contributed by atoms with E-state index in [2.05, 4.69) is 0 Å². The van der Waals surface area contributed by atoms with Gasteiger partial charge in [0, 0.05) is 19.7 Å². The maximum atomic E-state index is 10.7. The summed E-state index contributed by atoms with van der Waals surface area (Å²) in [6, 6.07) is 0. The molecule has 0 aromatic carbocycles. The number of hydrogen-bond donors (Lipinski definition) is 1. The van der Waals surface area contributed by atoms with Gasteiger partial charge in [0.2, 0.25) is 0 Å². The summed E-state index contributed by atoms with van der Waals surface area (Å²) in [7, 11) is 0. The predicted octanol–water partition coefficient (Wildman–Crippen LogP) is 1.95. The van der Waals surface area contributed by atoms with Gasteiger partial charge in [-0.2, -0.15) is 0 Å². The van der Waals surface area contributed by atoms with Crippen LogP contribution in [0.4, 0.5) is 4.79 Å². The van der Waals surface area contributed by atoms with Crippen molar-refractivity contribution >= 4 is 6.09 Å². The lowest BCUT2D eigenvalue weighted by molar-refractivity contribution is -0.0250. The third-order valence-corrected chi connectivity index (χ3v) is 3.50. The van der Waals surface area contributed by atoms with Crippen molar-refractivity contribution in [3.8, 4) is 0 Å². The van der Waals surface area contributed by atoms with E-state index in [1.54, 1.807) is 0 Å². The van der Waals surface area contributed by atoms with E-state index in [0.29, 0.717) is 25.1 Å². The van der Waals surface area contributed by atoms with E-state index in [1.807, 2.05) is 0 Å². The molecule has 2 rings (SSSR count). The minimum atomic E-state index is -0.784. The highest BCUT2D eigenvalue weighted by Crippen LogP contribution is 2.24. The largest absolute Gasteiger partial charge is 0.465 e. The highest BCUT2D eigenvalue weighted by Gasteiger charge is 2.24. The van der Waals surface area contributed by atoms with Crippen LogP contribution in [-0.2, 0) is 4.74 Å². The van der Waals surface area contributed by atoms with Crippen LogP contribution in [0.3, 0.4) is 0 Å². The maximum absolute atomic E-state index is 10.7. The van der Waals surface area contributed by atoms with Crippen molar-refractivity contribution in [3.63, 3.8) is 0 Å². The zero-order valence-electron chi connectivity index (χ0n) is 9.02. The lowest BCUT2D eigenvalue weighted by atomic mass is 9.95. The fourth-order valence-electron chi connectivity index (χ4n) is 2.10. The van der Waals surface area contributed by atoms with Crippen LogP contribution in [0.1, 0.15) is 32.1 Å². The van der Waals surface area contributed by atoms with Crippen LogP contribution in [0.5, 0.6) is 0 Å². The Balaban J connectivity index is 1.62. The van der Waals surface area contributed by atoms with E-state index in [0.717, 1.165) is 19.4 Å². The first-order valence-corrected chi connectivity index (χ1v) is 5.85. The van der Waals surface area contributed by atoms with Crippen LogP contribution in [0, 0.1) is 5.92 Å². The molecule has 0 atom stereocenters. The van der Waals surface area contributed by atoms with Crippen LogP contribution in [-0.4, -0.2) is 41.9 Å². The first-order valence-electron chi connectivity index (χ1n) is 5.85. The van der Waals surface area contributed by atoms with Gasteiger partial charge < -0.3 is 14.7 Å². The van der Waals surface area contributed by atoms with E-state index < -0.39 is 6.09 Å². The Morgan fingerprint density at radius 3 is 2.40 bits per heavy atom. The number of amides is 1. The third kappa shape index (κ3) is 2.84. The molecule has 0 aromatic heterocycles. The molecular weight excluding hydrogens is 194 g/mol. The van der Waals surface area contributed by atoms with Crippen molar-refractivity contribution in [1.82, 2.24) is 4.90 Å². The highest BCUT2D eigenvalue weighted by atomic mass is 16.5. The Labute approximate surface area is 90.2 Å². The number of carbonyl (C=O) groups is 1. The number of hydrogen-bond acceptors (Lipinski definition) is 2. The number of ether oxygens (including phenoxy) is 1. The molecule has 0 unspecified atom stereocenters. The molecule has 0 spiro atoms. The number of nitrogens with zero attached hydrogens (tertiary/aromatic N) is 1. The van der Waals surface area contributed by atoms with Crippen molar-refractivity contribution in [3.05, 3.63) is 0 Å². The van der Waals surface area contributed by atoms with Gasteiger partial charge in [0.15, 0.2) is 0 Å². The summed E-state index contributed by atoms with van der Waals surface area (Å²) < 4.78 is 5.75. The Hall–Kier alpha value is -0.770. The molecule has 15 heavy (non-hydrogen) atoms. The summed E-state index contributed by atoms with van der Waals surface area (Å²) in [6.45, 7) is 2.18. The van der Waals surface area contributed by atoms with Crippen LogP contribution >= 0.6 is 0 Å². The number of likely N-dealkylation sites (tertiary alicyclic amines) is 1. The first-order chi connectivity index (χ1) is 7.25. The molecule has 4 nitrogen and oxygen atoms in total. The van der Waals surface area contributed by atoms with Gasteiger partial charge in [-0.15, -0.1) is 0 Å². The lowest BCUT2D eigenvalue weighted by Gasteiger charge is -2.32. The molecule has 2 aliphatic rings. The van der Waals surface area contributed by atoms with Crippen molar-refractivity contribution in [2.45, 2.75) is 38.2 Å². The Kier molecular flexibility index (Phi) is 3.46. The molecule has 1 saturated carbocycles. The fraction of sp³-hybridized carbons (Fsp3) is 0.909. The molecule has 0 radical (unpaired) electrons. The topological polar surface area (TPSA) is 49.8 Å². The van der Waals surface area contributed by atoms with Crippen LogP contribution in [0.2, 0.25) is 0 Å². The molecule has 4 heteroatoms. The molecule has 0 bridgehead atoms. The van der Waals surface area contributed by atoms with E-state index in [1.165, 1.54) is 24.2 Å². The summed E-state index contributed by atoms with van der Waals surface area (Å²) in [4.78, 5) is 12.2. The molecule has 1 saturated heterocycles. The Morgan fingerprint density at radius 1 is 1.27 bits per heavy atom. The van der Waals surface area contributed by atoms with E-state index >= 15 is 0 Å². The summed E-state index contributed by atoms with van der Waals surface area (Å²) in [6.07, 6.45) is 5.37. The summed E-state index contributed by atoms with van der Waals surface area (Å²) >= 11 is 0. The second kappa shape index (κ2) is 4.84. The normalized spacial score (nSPS) is 23.9. The Morgan fingerprint density at radius 2 is 1.93 bits per heavy atom. The summed E-state index contributed by atoms with van der Waals surface area (Å²) in [5.74, 6) is 0.571. The van der Waals surface area contributed by atoms with Crippen molar-refractivity contribution < 1.29 is 14.6 Å². The molecule has 1 aliphatic carbocycles. The van der Waals surface area contributed by atoms with Crippen molar-refractivity contribution in [1.29, 1.82) is 0 Å². The number of rotatable bonds is 3. The molecule has 1 aliphatic heterocycles.